The van der Waals surface area contributed by atoms with Gasteiger partial charge in [-0.2, -0.15) is 4.72 Å². The lowest BCUT2D eigenvalue weighted by Crippen LogP contribution is -2.29. The Labute approximate surface area is 147 Å². The molecular weight excluding hydrogens is 338 g/mol. The predicted octanol–water partition coefficient (Wildman–Crippen LogP) is 4.43. The van der Waals surface area contributed by atoms with Crippen LogP contribution in [0, 0.1) is 13.8 Å². The molecule has 0 saturated carbocycles. The summed E-state index contributed by atoms with van der Waals surface area (Å²) in [6, 6.07) is 18.6. The number of thiophene rings is 1. The van der Waals surface area contributed by atoms with E-state index < -0.39 is 16.1 Å². The molecule has 0 unspecified atom stereocenters. The average Bonchev–Trinajstić information content (AvgIpc) is 3.10. The van der Waals surface area contributed by atoms with Crippen molar-refractivity contribution < 1.29 is 8.42 Å². The molecule has 3 aromatic rings. The van der Waals surface area contributed by atoms with Gasteiger partial charge in [-0.3, -0.25) is 0 Å². The topological polar surface area (TPSA) is 46.2 Å². The smallest absolute Gasteiger partial charge is 0.207 e. The second-order valence-electron chi connectivity index (χ2n) is 5.75. The number of nitrogens with one attached hydrogen (secondary N) is 1. The summed E-state index contributed by atoms with van der Waals surface area (Å²) in [4.78, 5) is 1.30. The van der Waals surface area contributed by atoms with Crippen molar-refractivity contribution in [2.75, 3.05) is 0 Å². The van der Waals surface area contributed by atoms with Crippen LogP contribution in [0.1, 0.15) is 27.6 Å². The third-order valence-corrected chi connectivity index (χ3v) is 6.37. The van der Waals surface area contributed by atoms with Crippen LogP contribution in [0.3, 0.4) is 0 Å². The van der Waals surface area contributed by atoms with E-state index in [2.05, 4.69) is 4.72 Å². The summed E-state index contributed by atoms with van der Waals surface area (Å²) in [5.41, 5.74) is 2.59. The first-order chi connectivity index (χ1) is 11.5. The molecular formula is C19H19NO2S2. The fraction of sp³-hybridized carbons (Fsp3) is 0.158. The van der Waals surface area contributed by atoms with Crippen molar-refractivity contribution >= 4 is 21.4 Å². The lowest BCUT2D eigenvalue weighted by atomic mass is 10.1. The van der Waals surface area contributed by atoms with Crippen molar-refractivity contribution in [2.45, 2.75) is 24.8 Å². The fourth-order valence-corrected chi connectivity index (χ4v) is 5.02. The van der Waals surface area contributed by atoms with Crippen molar-refractivity contribution in [3.8, 4) is 0 Å². The summed E-state index contributed by atoms with van der Waals surface area (Å²) < 4.78 is 28.8. The molecule has 0 spiro atoms. The molecule has 0 aliphatic carbocycles. The minimum Gasteiger partial charge on any atom is -0.207 e. The molecule has 0 bridgehead atoms. The molecule has 5 heteroatoms. The number of aryl methyl sites for hydroxylation is 2. The van der Waals surface area contributed by atoms with Crippen LogP contribution in [0.5, 0.6) is 0 Å². The van der Waals surface area contributed by atoms with E-state index in [4.69, 9.17) is 0 Å². The van der Waals surface area contributed by atoms with Crippen LogP contribution >= 0.6 is 11.3 Å². The number of hydrogen-bond acceptors (Lipinski definition) is 3. The third-order valence-electron chi connectivity index (χ3n) is 3.87. The van der Waals surface area contributed by atoms with Gasteiger partial charge in [0.1, 0.15) is 0 Å². The Morgan fingerprint density at radius 3 is 2.38 bits per heavy atom. The van der Waals surface area contributed by atoms with Gasteiger partial charge in [0.15, 0.2) is 0 Å². The Morgan fingerprint density at radius 2 is 1.71 bits per heavy atom. The van der Waals surface area contributed by atoms with Crippen molar-refractivity contribution in [3.63, 3.8) is 0 Å². The summed E-state index contributed by atoms with van der Waals surface area (Å²) in [6.07, 6.45) is 0. The van der Waals surface area contributed by atoms with E-state index in [1.807, 2.05) is 73.8 Å². The molecule has 0 aliphatic rings. The van der Waals surface area contributed by atoms with Crippen LogP contribution in [0.25, 0.3) is 0 Å². The van der Waals surface area contributed by atoms with Gasteiger partial charge in [0.25, 0.3) is 0 Å². The highest BCUT2D eigenvalue weighted by molar-refractivity contribution is 7.89. The Kier molecular flexibility index (Phi) is 4.85. The van der Waals surface area contributed by atoms with Crippen molar-refractivity contribution in [2.24, 2.45) is 0 Å². The largest absolute Gasteiger partial charge is 0.241 e. The first-order valence-corrected chi connectivity index (χ1v) is 10.0. The standard InChI is InChI=1S/C19H19NO2S2/c1-14-10-11-15(2)18(13-14)24(21,22)20-19(17-9-6-12-23-17)16-7-4-3-5-8-16/h3-13,19-20H,1-2H3/t19-/m0/s1. The highest BCUT2D eigenvalue weighted by atomic mass is 32.2. The molecule has 1 heterocycles. The molecule has 24 heavy (non-hydrogen) atoms. The van der Waals surface area contributed by atoms with E-state index in [0.29, 0.717) is 4.90 Å². The van der Waals surface area contributed by atoms with Crippen molar-refractivity contribution in [3.05, 3.63) is 87.6 Å². The van der Waals surface area contributed by atoms with E-state index >= 15 is 0 Å². The lowest BCUT2D eigenvalue weighted by molar-refractivity contribution is 0.572. The van der Waals surface area contributed by atoms with Crippen LogP contribution in [-0.2, 0) is 10.0 Å². The van der Waals surface area contributed by atoms with Crippen molar-refractivity contribution in [1.82, 2.24) is 4.72 Å². The molecule has 0 fully saturated rings. The van der Waals surface area contributed by atoms with Crippen LogP contribution in [0.4, 0.5) is 0 Å². The van der Waals surface area contributed by atoms with Gasteiger partial charge in [0, 0.05) is 4.88 Å². The molecule has 1 atom stereocenters. The van der Waals surface area contributed by atoms with Gasteiger partial charge < -0.3 is 0 Å². The predicted molar refractivity (Wildman–Crippen MR) is 98.8 cm³/mol. The molecule has 3 rings (SSSR count). The summed E-state index contributed by atoms with van der Waals surface area (Å²) in [6.45, 7) is 3.71. The highest BCUT2D eigenvalue weighted by Crippen LogP contribution is 2.28. The average molecular weight is 358 g/mol. The number of sulfonamides is 1. The second-order valence-corrected chi connectivity index (χ2v) is 8.41. The van der Waals surface area contributed by atoms with E-state index in [0.717, 1.165) is 21.6 Å². The Hall–Kier alpha value is -1.95. The van der Waals surface area contributed by atoms with E-state index in [1.165, 1.54) is 0 Å². The van der Waals surface area contributed by atoms with Crippen LogP contribution in [-0.4, -0.2) is 8.42 Å². The Morgan fingerprint density at radius 1 is 0.958 bits per heavy atom. The minimum atomic E-state index is -3.63. The molecule has 1 aromatic heterocycles. The zero-order chi connectivity index (χ0) is 17.2. The summed E-state index contributed by atoms with van der Waals surface area (Å²) in [5.74, 6) is 0. The molecule has 3 nitrogen and oxygen atoms in total. The van der Waals surface area contributed by atoms with Gasteiger partial charge in [0.2, 0.25) is 10.0 Å². The fourth-order valence-electron chi connectivity index (χ4n) is 2.61. The lowest BCUT2D eigenvalue weighted by Gasteiger charge is -2.19. The maximum Gasteiger partial charge on any atom is 0.241 e. The maximum atomic E-state index is 13.0. The van der Waals surface area contributed by atoms with Crippen LogP contribution in [0.15, 0.2) is 70.9 Å². The molecule has 0 amide bonds. The zero-order valence-corrected chi connectivity index (χ0v) is 15.2. The van der Waals surface area contributed by atoms with Gasteiger partial charge in [-0.15, -0.1) is 11.3 Å². The number of rotatable bonds is 5. The summed E-state index contributed by atoms with van der Waals surface area (Å²) in [7, 11) is -3.63. The summed E-state index contributed by atoms with van der Waals surface area (Å²) in [5, 5.41) is 1.96. The first kappa shape index (κ1) is 16.9. The molecule has 2 aromatic carbocycles. The normalized spacial score (nSPS) is 12.9. The first-order valence-electron chi connectivity index (χ1n) is 7.65. The van der Waals surface area contributed by atoms with Gasteiger partial charge >= 0.3 is 0 Å². The molecule has 1 N–H and O–H groups in total. The number of benzene rings is 2. The maximum absolute atomic E-state index is 13.0. The Balaban J connectivity index is 2.03. The minimum absolute atomic E-state index is 0.333. The van der Waals surface area contributed by atoms with E-state index in [1.54, 1.807) is 17.4 Å². The van der Waals surface area contributed by atoms with E-state index in [-0.39, 0.29) is 0 Å². The van der Waals surface area contributed by atoms with Crippen LogP contribution < -0.4 is 4.72 Å². The third kappa shape index (κ3) is 3.59. The Bertz CT molecular complexity index is 917. The van der Waals surface area contributed by atoms with Gasteiger partial charge in [0.05, 0.1) is 10.9 Å². The van der Waals surface area contributed by atoms with Gasteiger partial charge in [-0.05, 0) is 48.1 Å². The van der Waals surface area contributed by atoms with Crippen LogP contribution in [0.2, 0.25) is 0 Å². The molecule has 0 aliphatic heterocycles. The highest BCUT2D eigenvalue weighted by Gasteiger charge is 2.24. The zero-order valence-electron chi connectivity index (χ0n) is 13.6. The SMILES string of the molecule is Cc1ccc(C)c(S(=O)(=O)N[C@@H](c2ccccc2)c2cccs2)c1. The van der Waals surface area contributed by atoms with Gasteiger partial charge in [-0.1, -0.05) is 48.5 Å². The molecule has 0 radical (unpaired) electrons. The monoisotopic (exact) mass is 357 g/mol. The summed E-state index contributed by atoms with van der Waals surface area (Å²) >= 11 is 1.54. The van der Waals surface area contributed by atoms with E-state index in [9.17, 15) is 8.42 Å². The second kappa shape index (κ2) is 6.89. The molecule has 0 saturated heterocycles. The quantitative estimate of drug-likeness (QED) is 0.734. The van der Waals surface area contributed by atoms with Gasteiger partial charge in [-0.25, -0.2) is 8.42 Å². The molecule has 124 valence electrons. The number of hydrogen-bond donors (Lipinski definition) is 1. The van der Waals surface area contributed by atoms with Crippen molar-refractivity contribution in [1.29, 1.82) is 0 Å².